The molecule has 33 heavy (non-hydrogen) atoms. The van der Waals surface area contributed by atoms with Gasteiger partial charge in [-0.1, -0.05) is 36.9 Å². The summed E-state index contributed by atoms with van der Waals surface area (Å²) in [5.41, 5.74) is 6.33. The summed E-state index contributed by atoms with van der Waals surface area (Å²) in [6, 6.07) is 12.6. The number of nitrogens with zero attached hydrogens (tertiary/aromatic N) is 3. The molecule has 0 amide bonds. The molecule has 3 aromatic heterocycles. The lowest BCUT2D eigenvalue weighted by Gasteiger charge is -2.11. The molecular formula is C25H25N3O3SSi. The maximum absolute atomic E-state index is 13.7. The first-order valence-corrected chi connectivity index (χ1v) is 15.0. The molecule has 0 radical (unpaired) electrons. The second-order valence-corrected chi connectivity index (χ2v) is 14.5. The van der Waals surface area contributed by atoms with Crippen LogP contribution >= 0.6 is 11.3 Å². The number of hydrogen-bond acceptors (Lipinski definition) is 5. The zero-order valence-corrected chi connectivity index (χ0v) is 21.1. The zero-order valence-electron chi connectivity index (χ0n) is 19.3. The van der Waals surface area contributed by atoms with Gasteiger partial charge in [-0.15, -0.1) is 5.54 Å². The molecule has 0 aliphatic rings. The Hall–Kier alpha value is -3.41. The maximum atomic E-state index is 13.7. The third-order valence-electron chi connectivity index (χ3n) is 4.91. The van der Waals surface area contributed by atoms with Crippen molar-refractivity contribution in [1.82, 2.24) is 14.1 Å². The Morgan fingerprint density at radius 3 is 2.45 bits per heavy atom. The van der Waals surface area contributed by atoms with Crippen LogP contribution in [0.5, 0.6) is 5.19 Å². The summed E-state index contributed by atoms with van der Waals surface area (Å²) in [6.45, 7) is 8.99. The SMILES string of the molecule is CCOc1nc2c(cc(-c3ccc(=O)n(C)c3)c(=O)n2-c2ccc(C#C[Si](C)(C)C)cc2)s1. The fourth-order valence-corrected chi connectivity index (χ4v) is 4.73. The number of benzene rings is 1. The van der Waals surface area contributed by atoms with Gasteiger partial charge in [0, 0.05) is 30.4 Å². The number of thiazole rings is 1. The number of hydrogen-bond donors (Lipinski definition) is 0. The van der Waals surface area contributed by atoms with E-state index in [1.54, 1.807) is 23.9 Å². The lowest BCUT2D eigenvalue weighted by atomic mass is 10.1. The van der Waals surface area contributed by atoms with E-state index in [0.29, 0.717) is 34.3 Å². The van der Waals surface area contributed by atoms with Crippen molar-refractivity contribution in [2.45, 2.75) is 26.6 Å². The van der Waals surface area contributed by atoms with Crippen LogP contribution in [0.1, 0.15) is 12.5 Å². The van der Waals surface area contributed by atoms with E-state index in [2.05, 4.69) is 36.1 Å². The van der Waals surface area contributed by atoms with Gasteiger partial charge in [0.15, 0.2) is 5.65 Å². The van der Waals surface area contributed by atoms with E-state index in [0.717, 1.165) is 10.3 Å². The van der Waals surface area contributed by atoms with Gasteiger partial charge in [-0.3, -0.25) is 14.2 Å². The Bertz CT molecular complexity index is 1510. The fourth-order valence-electron chi connectivity index (χ4n) is 3.31. The van der Waals surface area contributed by atoms with Crippen molar-refractivity contribution in [3.05, 3.63) is 74.9 Å². The van der Waals surface area contributed by atoms with Gasteiger partial charge in [0.25, 0.3) is 10.8 Å². The molecule has 0 aliphatic heterocycles. The minimum Gasteiger partial charge on any atom is -0.470 e. The lowest BCUT2D eigenvalue weighted by Crippen LogP contribution is -2.22. The van der Waals surface area contributed by atoms with Gasteiger partial charge < -0.3 is 9.30 Å². The van der Waals surface area contributed by atoms with Crippen LogP contribution in [0.2, 0.25) is 19.6 Å². The molecular weight excluding hydrogens is 450 g/mol. The summed E-state index contributed by atoms with van der Waals surface area (Å²) in [4.78, 5) is 30.1. The molecule has 0 N–H and O–H groups in total. The smallest absolute Gasteiger partial charge is 0.275 e. The van der Waals surface area contributed by atoms with Crippen LogP contribution in [0.3, 0.4) is 0 Å². The molecule has 3 heterocycles. The van der Waals surface area contributed by atoms with Gasteiger partial charge in [-0.05, 0) is 43.3 Å². The number of fused-ring (bicyclic) bond motifs is 1. The van der Waals surface area contributed by atoms with E-state index < -0.39 is 8.07 Å². The number of aromatic nitrogens is 3. The van der Waals surface area contributed by atoms with E-state index in [1.807, 2.05) is 37.3 Å². The summed E-state index contributed by atoms with van der Waals surface area (Å²) in [6.07, 6.45) is 1.68. The Balaban J connectivity index is 1.93. The second-order valence-electron chi connectivity index (χ2n) is 8.71. The highest BCUT2D eigenvalue weighted by Crippen LogP contribution is 2.31. The second kappa shape index (κ2) is 8.85. The van der Waals surface area contributed by atoms with Crippen LogP contribution in [-0.2, 0) is 7.05 Å². The van der Waals surface area contributed by atoms with Crippen LogP contribution < -0.4 is 15.9 Å². The monoisotopic (exact) mass is 475 g/mol. The molecule has 8 heteroatoms. The maximum Gasteiger partial charge on any atom is 0.275 e. The van der Waals surface area contributed by atoms with Gasteiger partial charge >= 0.3 is 0 Å². The molecule has 0 saturated heterocycles. The summed E-state index contributed by atoms with van der Waals surface area (Å²) in [5.74, 6) is 3.24. The molecule has 4 aromatic rings. The predicted molar refractivity (Wildman–Crippen MR) is 137 cm³/mol. The first kappa shape index (κ1) is 22.8. The van der Waals surface area contributed by atoms with Crippen molar-refractivity contribution in [2.24, 2.45) is 7.05 Å². The molecule has 0 spiro atoms. The zero-order chi connectivity index (χ0) is 23.8. The molecule has 4 rings (SSSR count). The first-order chi connectivity index (χ1) is 15.7. The van der Waals surface area contributed by atoms with Crippen molar-refractivity contribution in [3.8, 4) is 33.5 Å². The van der Waals surface area contributed by atoms with Crippen molar-refractivity contribution >= 4 is 29.8 Å². The Labute approximate surface area is 197 Å². The average Bonchev–Trinajstić information content (AvgIpc) is 3.16. The molecule has 6 nitrogen and oxygen atoms in total. The van der Waals surface area contributed by atoms with E-state index >= 15 is 0 Å². The van der Waals surface area contributed by atoms with Crippen LogP contribution in [0.15, 0.2) is 58.3 Å². The highest BCUT2D eigenvalue weighted by molar-refractivity contribution is 7.20. The Morgan fingerprint density at radius 2 is 1.82 bits per heavy atom. The summed E-state index contributed by atoms with van der Waals surface area (Å²) < 4.78 is 9.51. The highest BCUT2D eigenvalue weighted by atomic mass is 32.1. The van der Waals surface area contributed by atoms with Gasteiger partial charge in [0.2, 0.25) is 5.56 Å². The van der Waals surface area contributed by atoms with Gasteiger partial charge in [-0.2, -0.15) is 4.98 Å². The van der Waals surface area contributed by atoms with Crippen LogP contribution in [0, 0.1) is 11.5 Å². The molecule has 0 unspecified atom stereocenters. The van der Waals surface area contributed by atoms with Crippen LogP contribution in [0.4, 0.5) is 0 Å². The Morgan fingerprint density at radius 1 is 1.09 bits per heavy atom. The molecule has 0 aliphatic carbocycles. The van der Waals surface area contributed by atoms with Crippen molar-refractivity contribution in [2.75, 3.05) is 6.61 Å². The quantitative estimate of drug-likeness (QED) is 0.323. The third-order valence-corrected chi connectivity index (χ3v) is 6.69. The molecule has 168 valence electrons. The van der Waals surface area contributed by atoms with Crippen molar-refractivity contribution in [3.63, 3.8) is 0 Å². The normalized spacial score (nSPS) is 11.3. The van der Waals surface area contributed by atoms with Gasteiger partial charge in [0.05, 0.1) is 22.6 Å². The minimum absolute atomic E-state index is 0.133. The largest absolute Gasteiger partial charge is 0.470 e. The lowest BCUT2D eigenvalue weighted by molar-refractivity contribution is 0.339. The molecule has 0 atom stereocenters. The molecule has 0 bridgehead atoms. The minimum atomic E-state index is -1.48. The molecule has 0 saturated carbocycles. The van der Waals surface area contributed by atoms with Crippen LogP contribution in [0.25, 0.3) is 27.2 Å². The fraction of sp³-hybridized carbons (Fsp3) is 0.240. The highest BCUT2D eigenvalue weighted by Gasteiger charge is 2.17. The van der Waals surface area contributed by atoms with Crippen molar-refractivity contribution < 1.29 is 4.74 Å². The van der Waals surface area contributed by atoms with Gasteiger partial charge in [-0.25, -0.2) is 0 Å². The standard InChI is InChI=1S/C25H25N3O3SSi/c1-6-31-25-26-23-21(32-25)15-20(18-9-12-22(29)27(2)16-18)24(30)28(23)19-10-7-17(8-11-19)13-14-33(3,4)5/h7-12,15-16H,6H2,1-5H3. The number of aryl methyl sites for hydroxylation is 1. The van der Waals surface area contributed by atoms with Crippen molar-refractivity contribution in [1.29, 1.82) is 0 Å². The molecule has 0 fully saturated rings. The summed E-state index contributed by atoms with van der Waals surface area (Å²) >= 11 is 1.39. The summed E-state index contributed by atoms with van der Waals surface area (Å²) in [7, 11) is 0.185. The summed E-state index contributed by atoms with van der Waals surface area (Å²) in [5, 5.41) is 0.510. The van der Waals surface area contributed by atoms with E-state index in [1.165, 1.54) is 22.0 Å². The first-order valence-electron chi connectivity index (χ1n) is 10.7. The van der Waals surface area contributed by atoms with Crippen LogP contribution in [-0.4, -0.2) is 28.8 Å². The molecule has 1 aromatic carbocycles. The number of pyridine rings is 2. The van der Waals surface area contributed by atoms with Gasteiger partial charge in [0.1, 0.15) is 8.07 Å². The number of ether oxygens (including phenoxy) is 1. The average molecular weight is 476 g/mol. The predicted octanol–water partition coefficient (Wildman–Crippen LogP) is 4.44. The number of rotatable bonds is 4. The Kier molecular flexibility index (Phi) is 6.10. The topological polar surface area (TPSA) is 66.1 Å². The van der Waals surface area contributed by atoms with E-state index in [9.17, 15) is 9.59 Å². The third kappa shape index (κ3) is 4.84. The van der Waals surface area contributed by atoms with E-state index in [-0.39, 0.29) is 11.1 Å². The van der Waals surface area contributed by atoms with E-state index in [4.69, 9.17) is 4.74 Å².